The lowest BCUT2D eigenvalue weighted by atomic mass is 10.1. The number of nitrogens with zero attached hydrogens (tertiary/aromatic N) is 1. The molecule has 0 spiro atoms. The Morgan fingerprint density at radius 3 is 2.42 bits per heavy atom. The molecule has 4 aromatic rings. The van der Waals surface area contributed by atoms with Crippen LogP contribution in [-0.4, -0.2) is 26.2 Å². The second kappa shape index (κ2) is 9.72. The lowest BCUT2D eigenvalue weighted by molar-refractivity contribution is 0.302. The fourth-order valence-electron chi connectivity index (χ4n) is 3.45. The number of rotatable bonds is 9. The molecule has 1 aromatic heterocycles. The van der Waals surface area contributed by atoms with Gasteiger partial charge in [-0.05, 0) is 60.3 Å². The van der Waals surface area contributed by atoms with Crippen molar-refractivity contribution in [2.45, 2.75) is 24.8 Å². The van der Waals surface area contributed by atoms with Crippen LogP contribution >= 0.6 is 0 Å². The van der Waals surface area contributed by atoms with Crippen LogP contribution in [0.4, 0.5) is 8.78 Å². The van der Waals surface area contributed by atoms with E-state index in [1.807, 2.05) is 42.0 Å². The zero-order valence-electron chi connectivity index (χ0n) is 18.0. The molecule has 0 aliphatic carbocycles. The van der Waals surface area contributed by atoms with Gasteiger partial charge in [-0.2, -0.15) is 8.42 Å². The Morgan fingerprint density at radius 2 is 1.67 bits per heavy atom. The van der Waals surface area contributed by atoms with Crippen LogP contribution < -0.4 is 4.74 Å². The highest BCUT2D eigenvalue weighted by Gasteiger charge is 2.15. The number of aryl methyl sites for hydroxylation is 1. The molecular weight excluding hydrogens is 448 g/mol. The summed E-state index contributed by atoms with van der Waals surface area (Å²) in [6, 6.07) is 17.8. The number of aromatic nitrogens is 1. The zero-order valence-corrected chi connectivity index (χ0v) is 18.8. The maximum Gasteiger partial charge on any atom is 0.297 e. The molecule has 5 nitrogen and oxygen atoms in total. The Labute approximate surface area is 191 Å². The first kappa shape index (κ1) is 22.9. The molecule has 0 fully saturated rings. The first-order valence-corrected chi connectivity index (χ1v) is 11.8. The molecule has 8 heteroatoms. The molecule has 172 valence electrons. The second-order valence-electron chi connectivity index (χ2n) is 7.67. The van der Waals surface area contributed by atoms with E-state index in [9.17, 15) is 17.2 Å². The third kappa shape index (κ3) is 5.58. The van der Waals surface area contributed by atoms with Crippen LogP contribution in [0.1, 0.15) is 11.1 Å². The maximum absolute atomic E-state index is 13.3. The van der Waals surface area contributed by atoms with Gasteiger partial charge in [-0.25, -0.2) is 8.78 Å². The van der Waals surface area contributed by atoms with E-state index in [1.165, 1.54) is 18.2 Å². The van der Waals surface area contributed by atoms with E-state index < -0.39 is 21.8 Å². The van der Waals surface area contributed by atoms with E-state index >= 15 is 0 Å². The largest absolute Gasteiger partial charge is 0.493 e. The van der Waals surface area contributed by atoms with Crippen molar-refractivity contribution >= 4 is 21.0 Å². The van der Waals surface area contributed by atoms with Gasteiger partial charge in [-0.1, -0.05) is 23.8 Å². The number of ether oxygens (including phenoxy) is 1. The average Bonchev–Trinajstić information content (AvgIpc) is 3.19. The first-order chi connectivity index (χ1) is 15.8. The molecule has 0 aliphatic heterocycles. The van der Waals surface area contributed by atoms with E-state index in [2.05, 4.69) is 0 Å². The highest BCUT2D eigenvalue weighted by molar-refractivity contribution is 7.86. The van der Waals surface area contributed by atoms with Gasteiger partial charge in [0.25, 0.3) is 10.1 Å². The number of fused-ring (bicyclic) bond motifs is 1. The lowest BCUT2D eigenvalue weighted by Gasteiger charge is -2.10. The summed E-state index contributed by atoms with van der Waals surface area (Å²) in [7, 11) is -3.82. The minimum Gasteiger partial charge on any atom is -0.493 e. The lowest BCUT2D eigenvalue weighted by Crippen LogP contribution is -2.12. The fraction of sp³-hybridized carbons (Fsp3) is 0.200. The van der Waals surface area contributed by atoms with Crippen LogP contribution in [-0.2, 0) is 27.3 Å². The van der Waals surface area contributed by atoms with Crippen molar-refractivity contribution in [3.63, 3.8) is 0 Å². The summed E-state index contributed by atoms with van der Waals surface area (Å²) in [6.45, 7) is 2.51. The summed E-state index contributed by atoms with van der Waals surface area (Å²) in [5, 5.41) is 0.976. The van der Waals surface area contributed by atoms with Crippen molar-refractivity contribution in [2.75, 3.05) is 13.2 Å². The highest BCUT2D eigenvalue weighted by Crippen LogP contribution is 2.23. The molecule has 0 unspecified atom stereocenters. The second-order valence-corrected chi connectivity index (χ2v) is 9.28. The third-order valence-electron chi connectivity index (χ3n) is 5.27. The van der Waals surface area contributed by atoms with E-state index in [1.54, 1.807) is 12.1 Å². The molecule has 0 saturated heterocycles. The molecule has 0 aliphatic rings. The van der Waals surface area contributed by atoms with Crippen LogP contribution in [0.2, 0.25) is 0 Å². The summed E-state index contributed by atoms with van der Waals surface area (Å²) >= 11 is 0. The number of hydrogen-bond donors (Lipinski definition) is 0. The minimum atomic E-state index is -3.82. The number of halogens is 2. The maximum atomic E-state index is 13.3. The molecule has 0 amide bonds. The summed E-state index contributed by atoms with van der Waals surface area (Å²) in [6.07, 6.45) is 2.29. The van der Waals surface area contributed by atoms with Crippen molar-refractivity contribution in [3.8, 4) is 5.75 Å². The molecule has 1 heterocycles. The molecule has 0 saturated carbocycles. The quantitative estimate of drug-likeness (QED) is 0.313. The van der Waals surface area contributed by atoms with Crippen molar-refractivity contribution in [2.24, 2.45) is 0 Å². The molecule has 0 atom stereocenters. The summed E-state index contributed by atoms with van der Waals surface area (Å²) in [5.41, 5.74) is 2.48. The number of hydrogen-bond acceptors (Lipinski definition) is 4. The Bertz CT molecular complexity index is 1370. The van der Waals surface area contributed by atoms with Gasteiger partial charge in [-0.3, -0.25) is 4.18 Å². The molecular formula is C25H23F2NO4S. The standard InChI is InChI=1S/C25H23F2NO4S/c1-18-2-7-22(8-3-18)33(29,30)32-15-13-28-12-10-20-5-6-21(17-25(20)28)31-14-11-19-4-9-23(26)24(27)16-19/h2-10,12,16-17H,11,13-15H2,1H3. The SMILES string of the molecule is Cc1ccc(S(=O)(=O)OCCn2ccc3ccc(OCCc4ccc(F)c(F)c4)cc32)cc1. The summed E-state index contributed by atoms with van der Waals surface area (Å²) in [5.74, 6) is -1.13. The monoisotopic (exact) mass is 471 g/mol. The number of benzene rings is 3. The van der Waals surface area contributed by atoms with Crippen LogP contribution in [0.25, 0.3) is 10.9 Å². The van der Waals surface area contributed by atoms with Crippen molar-refractivity contribution in [1.82, 2.24) is 4.57 Å². The predicted molar refractivity (Wildman–Crippen MR) is 122 cm³/mol. The van der Waals surface area contributed by atoms with Crippen LogP contribution in [0.3, 0.4) is 0 Å². The molecule has 33 heavy (non-hydrogen) atoms. The van der Waals surface area contributed by atoms with E-state index in [0.717, 1.165) is 28.6 Å². The van der Waals surface area contributed by atoms with Crippen LogP contribution in [0.5, 0.6) is 5.75 Å². The molecule has 3 aromatic carbocycles. The van der Waals surface area contributed by atoms with Crippen molar-refractivity contribution in [3.05, 3.63) is 95.7 Å². The zero-order chi connectivity index (χ0) is 23.4. The Kier molecular flexibility index (Phi) is 6.76. The summed E-state index contributed by atoms with van der Waals surface area (Å²) < 4.78 is 64.0. The van der Waals surface area contributed by atoms with Crippen molar-refractivity contribution < 1.29 is 26.1 Å². The highest BCUT2D eigenvalue weighted by atomic mass is 32.2. The van der Waals surface area contributed by atoms with E-state index in [4.69, 9.17) is 8.92 Å². The first-order valence-electron chi connectivity index (χ1n) is 10.4. The predicted octanol–water partition coefficient (Wildman–Crippen LogP) is 5.25. The van der Waals surface area contributed by atoms with Gasteiger partial charge < -0.3 is 9.30 Å². The van der Waals surface area contributed by atoms with Gasteiger partial charge >= 0.3 is 0 Å². The Hall–Kier alpha value is -3.23. The third-order valence-corrected chi connectivity index (χ3v) is 6.60. The van der Waals surface area contributed by atoms with Crippen LogP contribution in [0.15, 0.2) is 77.8 Å². The fourth-order valence-corrected chi connectivity index (χ4v) is 4.35. The van der Waals surface area contributed by atoms with Gasteiger partial charge in [0, 0.05) is 25.2 Å². The minimum absolute atomic E-state index is 0.0127. The molecule has 4 rings (SSSR count). The average molecular weight is 472 g/mol. The smallest absolute Gasteiger partial charge is 0.297 e. The molecule has 0 N–H and O–H groups in total. The van der Waals surface area contributed by atoms with Gasteiger partial charge in [0.15, 0.2) is 11.6 Å². The van der Waals surface area contributed by atoms with Gasteiger partial charge in [0.2, 0.25) is 0 Å². The van der Waals surface area contributed by atoms with E-state index in [0.29, 0.717) is 30.9 Å². The normalized spacial score (nSPS) is 11.7. The molecule has 0 radical (unpaired) electrons. The van der Waals surface area contributed by atoms with E-state index in [-0.39, 0.29) is 11.5 Å². The van der Waals surface area contributed by atoms with Gasteiger partial charge in [-0.15, -0.1) is 0 Å². The topological polar surface area (TPSA) is 57.5 Å². The van der Waals surface area contributed by atoms with Gasteiger partial charge in [0.05, 0.1) is 23.6 Å². The molecule has 0 bridgehead atoms. The summed E-state index contributed by atoms with van der Waals surface area (Å²) in [4.78, 5) is 0.127. The van der Waals surface area contributed by atoms with Crippen molar-refractivity contribution in [1.29, 1.82) is 0 Å². The Morgan fingerprint density at radius 1 is 0.879 bits per heavy atom. The van der Waals surface area contributed by atoms with Gasteiger partial charge in [0.1, 0.15) is 5.75 Å². The van der Waals surface area contributed by atoms with Crippen LogP contribution in [0, 0.1) is 18.6 Å². The Balaban J connectivity index is 1.37.